The van der Waals surface area contributed by atoms with Gasteiger partial charge >= 0.3 is 0 Å². The molecule has 2 aromatic rings. The summed E-state index contributed by atoms with van der Waals surface area (Å²) in [7, 11) is 0. The molecule has 1 atom stereocenters. The second-order valence-electron chi connectivity index (χ2n) is 9.92. The van der Waals surface area contributed by atoms with Crippen LogP contribution in [0.3, 0.4) is 0 Å². The molecule has 160 valence electrons. The van der Waals surface area contributed by atoms with Gasteiger partial charge in [0.05, 0.1) is 6.10 Å². The van der Waals surface area contributed by atoms with E-state index in [0.29, 0.717) is 11.3 Å². The lowest BCUT2D eigenvalue weighted by Crippen LogP contribution is -2.51. The van der Waals surface area contributed by atoms with E-state index in [-0.39, 0.29) is 29.5 Å². The molecule has 2 aromatic heterocycles. The van der Waals surface area contributed by atoms with Gasteiger partial charge in [0.2, 0.25) is 0 Å². The van der Waals surface area contributed by atoms with Gasteiger partial charge in [0.1, 0.15) is 17.0 Å². The Morgan fingerprint density at radius 3 is 2.43 bits per heavy atom. The van der Waals surface area contributed by atoms with Crippen LogP contribution in [0.5, 0.6) is 0 Å². The maximum atomic E-state index is 13.1. The molecule has 6 rings (SSSR count). The summed E-state index contributed by atoms with van der Waals surface area (Å²) in [5, 5.41) is 15.2. The van der Waals surface area contributed by atoms with Gasteiger partial charge < -0.3 is 15.7 Å². The number of carbonyl (C=O) groups is 2. The van der Waals surface area contributed by atoms with Crippen molar-refractivity contribution in [3.8, 4) is 0 Å². The van der Waals surface area contributed by atoms with Gasteiger partial charge in [-0.2, -0.15) is 0 Å². The third-order valence-corrected chi connectivity index (χ3v) is 7.30. The van der Waals surface area contributed by atoms with Crippen LogP contribution in [0.15, 0.2) is 24.4 Å². The molecule has 0 spiro atoms. The highest BCUT2D eigenvalue weighted by Crippen LogP contribution is 2.59. The van der Waals surface area contributed by atoms with E-state index in [0.717, 1.165) is 24.3 Å². The number of hydrogen-bond donors (Lipinski definition) is 3. The third kappa shape index (κ3) is 3.60. The van der Waals surface area contributed by atoms with Gasteiger partial charge in [-0.1, -0.05) is 6.07 Å². The maximum Gasteiger partial charge on any atom is 0.271 e. The first kappa shape index (κ1) is 19.5. The number of aromatic nitrogens is 2. The second kappa shape index (κ2) is 7.38. The SMILES string of the molecule is CC(O)CNC(=O)c1cn2c(C(=O)NCC34CC5CC(CC(C5)C3)C4)cccc2n1. The number of amides is 2. The summed E-state index contributed by atoms with van der Waals surface area (Å²) in [5.74, 6) is 2.08. The zero-order valence-corrected chi connectivity index (χ0v) is 17.4. The largest absolute Gasteiger partial charge is 0.392 e. The molecule has 0 aliphatic heterocycles. The normalized spacial score (nSPS) is 30.4. The fourth-order valence-electron chi connectivity index (χ4n) is 6.50. The van der Waals surface area contributed by atoms with Gasteiger partial charge in [-0.15, -0.1) is 0 Å². The Morgan fingerprint density at radius 2 is 1.80 bits per heavy atom. The Morgan fingerprint density at radius 1 is 1.13 bits per heavy atom. The van der Waals surface area contributed by atoms with Crippen molar-refractivity contribution in [3.63, 3.8) is 0 Å². The fraction of sp³-hybridized carbons (Fsp3) is 0.609. The molecule has 0 saturated heterocycles. The highest BCUT2D eigenvalue weighted by Gasteiger charge is 2.50. The molecule has 4 aliphatic rings. The molecule has 1 unspecified atom stereocenters. The van der Waals surface area contributed by atoms with Crippen molar-refractivity contribution in [2.45, 2.75) is 51.6 Å². The first-order valence-corrected chi connectivity index (χ1v) is 11.1. The molecule has 4 saturated carbocycles. The molecule has 0 radical (unpaired) electrons. The Labute approximate surface area is 176 Å². The van der Waals surface area contributed by atoms with Gasteiger partial charge in [-0.05, 0) is 80.8 Å². The second-order valence-corrected chi connectivity index (χ2v) is 9.92. The average molecular weight is 411 g/mol. The number of rotatable bonds is 6. The van der Waals surface area contributed by atoms with Crippen LogP contribution in [-0.2, 0) is 0 Å². The van der Waals surface area contributed by atoms with Crippen LogP contribution in [0, 0.1) is 23.2 Å². The Hall–Kier alpha value is -2.41. The molecule has 7 heteroatoms. The topological polar surface area (TPSA) is 95.7 Å². The molecule has 4 aliphatic carbocycles. The van der Waals surface area contributed by atoms with Crippen LogP contribution in [0.1, 0.15) is 66.4 Å². The summed E-state index contributed by atoms with van der Waals surface area (Å²) >= 11 is 0. The lowest BCUT2D eigenvalue weighted by Gasteiger charge is -2.56. The van der Waals surface area contributed by atoms with E-state index >= 15 is 0 Å². The molecular weight excluding hydrogens is 380 g/mol. The van der Waals surface area contributed by atoms with Gasteiger partial charge in [-0.25, -0.2) is 4.98 Å². The first-order chi connectivity index (χ1) is 14.4. The third-order valence-electron chi connectivity index (χ3n) is 7.30. The number of aliphatic hydroxyl groups excluding tert-OH is 1. The quantitative estimate of drug-likeness (QED) is 0.681. The highest BCUT2D eigenvalue weighted by molar-refractivity contribution is 5.95. The van der Waals surface area contributed by atoms with E-state index in [2.05, 4.69) is 15.6 Å². The van der Waals surface area contributed by atoms with Crippen LogP contribution < -0.4 is 10.6 Å². The van der Waals surface area contributed by atoms with Gasteiger partial charge in [0.25, 0.3) is 11.8 Å². The first-order valence-electron chi connectivity index (χ1n) is 11.1. The summed E-state index contributed by atoms with van der Waals surface area (Å²) in [6.07, 6.45) is 8.89. The molecule has 2 amide bonds. The molecule has 7 nitrogen and oxygen atoms in total. The van der Waals surface area contributed by atoms with Crippen LogP contribution in [0.2, 0.25) is 0 Å². The number of carbonyl (C=O) groups excluding carboxylic acids is 2. The minimum absolute atomic E-state index is 0.121. The Balaban J connectivity index is 1.31. The number of nitrogens with one attached hydrogen (secondary N) is 2. The van der Waals surface area contributed by atoms with Crippen LogP contribution in [0.4, 0.5) is 0 Å². The van der Waals surface area contributed by atoms with Crippen LogP contribution in [-0.4, -0.2) is 45.5 Å². The average Bonchev–Trinajstić information content (AvgIpc) is 3.13. The number of hydrogen-bond acceptors (Lipinski definition) is 4. The monoisotopic (exact) mass is 410 g/mol. The van der Waals surface area contributed by atoms with E-state index in [1.165, 1.54) is 38.5 Å². The predicted octanol–water partition coefficient (Wildman–Crippen LogP) is 2.39. The number of pyridine rings is 1. The Kier molecular flexibility index (Phi) is 4.81. The fourth-order valence-corrected chi connectivity index (χ4v) is 6.50. The standard InChI is InChI=1S/C23H30N4O3/c1-14(28)11-24-21(29)18-12-27-19(3-2-4-20(27)26-18)22(30)25-13-23-8-15-5-16(9-23)7-17(6-15)10-23/h2-4,12,14-17,28H,5-11,13H2,1H3,(H,24,29)(H,25,30). The summed E-state index contributed by atoms with van der Waals surface area (Å²) in [4.78, 5) is 29.7. The molecule has 30 heavy (non-hydrogen) atoms. The van der Waals surface area contributed by atoms with Gasteiger partial charge in [0.15, 0.2) is 0 Å². The molecule has 4 bridgehead atoms. The number of aliphatic hydroxyl groups is 1. The van der Waals surface area contributed by atoms with Gasteiger partial charge in [0, 0.05) is 19.3 Å². The van der Waals surface area contributed by atoms with Crippen molar-refractivity contribution in [2.24, 2.45) is 23.2 Å². The van der Waals surface area contributed by atoms with E-state index in [1.54, 1.807) is 35.7 Å². The summed E-state index contributed by atoms with van der Waals surface area (Å²) in [5.41, 5.74) is 1.55. The smallest absolute Gasteiger partial charge is 0.271 e. The molecule has 0 aromatic carbocycles. The zero-order valence-electron chi connectivity index (χ0n) is 17.4. The minimum atomic E-state index is -0.628. The van der Waals surface area contributed by atoms with Crippen LogP contribution in [0.25, 0.3) is 5.65 Å². The molecule has 4 fully saturated rings. The van der Waals surface area contributed by atoms with Crippen molar-refractivity contribution in [1.82, 2.24) is 20.0 Å². The molecule has 3 N–H and O–H groups in total. The molecule has 2 heterocycles. The van der Waals surface area contributed by atoms with Crippen molar-refractivity contribution >= 4 is 17.5 Å². The minimum Gasteiger partial charge on any atom is -0.392 e. The van der Waals surface area contributed by atoms with Gasteiger partial charge in [-0.3, -0.25) is 14.0 Å². The van der Waals surface area contributed by atoms with E-state index in [4.69, 9.17) is 0 Å². The number of imidazole rings is 1. The lowest BCUT2D eigenvalue weighted by atomic mass is 9.49. The highest BCUT2D eigenvalue weighted by atomic mass is 16.3. The lowest BCUT2D eigenvalue weighted by molar-refractivity contribution is -0.0503. The Bertz CT molecular complexity index is 945. The van der Waals surface area contributed by atoms with Crippen molar-refractivity contribution in [1.29, 1.82) is 0 Å². The summed E-state index contributed by atoms with van der Waals surface area (Å²) in [6.45, 7) is 2.50. The van der Waals surface area contributed by atoms with Crippen molar-refractivity contribution in [2.75, 3.05) is 13.1 Å². The van der Waals surface area contributed by atoms with E-state index in [9.17, 15) is 14.7 Å². The van der Waals surface area contributed by atoms with E-state index < -0.39 is 6.10 Å². The van der Waals surface area contributed by atoms with Crippen molar-refractivity contribution < 1.29 is 14.7 Å². The maximum absolute atomic E-state index is 13.1. The van der Waals surface area contributed by atoms with Crippen LogP contribution >= 0.6 is 0 Å². The predicted molar refractivity (Wildman–Crippen MR) is 112 cm³/mol. The van der Waals surface area contributed by atoms with E-state index in [1.807, 2.05) is 0 Å². The number of fused-ring (bicyclic) bond motifs is 1. The summed E-state index contributed by atoms with van der Waals surface area (Å²) in [6, 6.07) is 5.34. The summed E-state index contributed by atoms with van der Waals surface area (Å²) < 4.78 is 1.67. The molecular formula is C23H30N4O3. The van der Waals surface area contributed by atoms with Crippen molar-refractivity contribution in [3.05, 3.63) is 35.8 Å². The number of nitrogens with zero attached hydrogens (tertiary/aromatic N) is 2. The zero-order chi connectivity index (χ0) is 20.9.